The van der Waals surface area contributed by atoms with Gasteiger partial charge in [-0.2, -0.15) is 0 Å². The lowest BCUT2D eigenvalue weighted by atomic mass is 9.83. The van der Waals surface area contributed by atoms with Crippen molar-refractivity contribution in [1.29, 1.82) is 0 Å². The Hall–Kier alpha value is -3.56. The van der Waals surface area contributed by atoms with Crippen molar-refractivity contribution in [3.63, 3.8) is 0 Å². The van der Waals surface area contributed by atoms with Gasteiger partial charge in [-0.25, -0.2) is 0 Å². The number of para-hydroxylation sites is 1. The molecule has 2 aliphatic rings. The third kappa shape index (κ3) is 4.96. The summed E-state index contributed by atoms with van der Waals surface area (Å²) >= 11 is 0. The second-order valence-electron chi connectivity index (χ2n) is 10.8. The molecule has 3 aromatic rings. The molecule has 202 valence electrons. The molecule has 1 unspecified atom stereocenters. The average molecular weight is 520 g/mol. The summed E-state index contributed by atoms with van der Waals surface area (Å²) in [5.41, 5.74) is 7.70. The highest BCUT2D eigenvalue weighted by molar-refractivity contribution is 5.91. The lowest BCUT2D eigenvalue weighted by Gasteiger charge is -2.45. The average Bonchev–Trinajstić information content (AvgIpc) is 3.50. The van der Waals surface area contributed by atoms with E-state index < -0.39 is 11.1 Å². The number of likely N-dealkylation sites (tertiary alicyclic amines) is 1. The van der Waals surface area contributed by atoms with Crippen LogP contribution in [0.25, 0.3) is 10.9 Å². The molecule has 3 heterocycles. The number of nitrogens with one attached hydrogen (secondary N) is 2. The van der Waals surface area contributed by atoms with Crippen molar-refractivity contribution in [1.82, 2.24) is 20.1 Å². The highest BCUT2D eigenvalue weighted by atomic mass is 16.5. The molecule has 1 saturated heterocycles. The predicted molar refractivity (Wildman–Crippen MR) is 146 cm³/mol. The first-order valence-corrected chi connectivity index (χ1v) is 13.2. The standard InChI is InChI=1S/C29H37N5O4/c1-28(2,30)27(36)31-18-25(35)34-13-11-22-23-17-21(37-3)9-10-24(23)32-26(22)29(34)12-14-33(19-29)15-16-38-20-7-5-4-6-8-20/h4-10,17,32H,11-16,18-19,30H2,1-3H3,(H,31,36). The van der Waals surface area contributed by atoms with Crippen molar-refractivity contribution in [2.24, 2.45) is 5.73 Å². The molecule has 0 saturated carbocycles. The molecule has 0 aliphatic carbocycles. The summed E-state index contributed by atoms with van der Waals surface area (Å²) in [6.07, 6.45) is 1.51. The molecule has 0 radical (unpaired) electrons. The number of aromatic nitrogens is 1. The van der Waals surface area contributed by atoms with Crippen LogP contribution in [0.1, 0.15) is 31.5 Å². The molecule has 2 aromatic carbocycles. The van der Waals surface area contributed by atoms with E-state index in [0.717, 1.165) is 54.0 Å². The van der Waals surface area contributed by atoms with Gasteiger partial charge in [0.15, 0.2) is 0 Å². The Morgan fingerprint density at radius 1 is 1.13 bits per heavy atom. The number of carbonyl (C=O) groups is 2. The van der Waals surface area contributed by atoms with E-state index in [9.17, 15) is 9.59 Å². The maximum absolute atomic E-state index is 13.6. The molecular formula is C29H37N5O4. The molecule has 0 bridgehead atoms. The van der Waals surface area contributed by atoms with Gasteiger partial charge < -0.3 is 30.4 Å². The summed E-state index contributed by atoms with van der Waals surface area (Å²) in [5, 5.41) is 3.87. The van der Waals surface area contributed by atoms with E-state index in [0.29, 0.717) is 19.7 Å². The highest BCUT2D eigenvalue weighted by Gasteiger charge is 2.50. The van der Waals surface area contributed by atoms with Crippen LogP contribution in [-0.4, -0.2) is 78.6 Å². The number of carbonyl (C=O) groups excluding carboxylic acids is 2. The molecule has 2 amide bonds. The fourth-order valence-corrected chi connectivity index (χ4v) is 5.72. The van der Waals surface area contributed by atoms with E-state index in [-0.39, 0.29) is 18.4 Å². The lowest BCUT2D eigenvalue weighted by Crippen LogP contribution is -2.58. The van der Waals surface area contributed by atoms with Gasteiger partial charge in [0.05, 0.1) is 24.7 Å². The van der Waals surface area contributed by atoms with Crippen LogP contribution >= 0.6 is 0 Å². The number of hydrogen-bond donors (Lipinski definition) is 3. The van der Waals surface area contributed by atoms with E-state index in [1.165, 1.54) is 5.56 Å². The van der Waals surface area contributed by atoms with Crippen molar-refractivity contribution >= 4 is 22.7 Å². The number of rotatable bonds is 8. The van der Waals surface area contributed by atoms with Gasteiger partial charge in [-0.3, -0.25) is 14.5 Å². The maximum atomic E-state index is 13.6. The second kappa shape index (κ2) is 10.3. The Morgan fingerprint density at radius 3 is 2.66 bits per heavy atom. The van der Waals surface area contributed by atoms with Gasteiger partial charge in [-0.15, -0.1) is 0 Å². The van der Waals surface area contributed by atoms with Gasteiger partial charge in [-0.1, -0.05) is 18.2 Å². The zero-order chi connectivity index (χ0) is 26.9. The van der Waals surface area contributed by atoms with E-state index in [1.54, 1.807) is 21.0 Å². The molecule has 1 atom stereocenters. The number of benzene rings is 2. The third-order valence-electron chi connectivity index (χ3n) is 7.71. The number of H-pyrrole nitrogens is 1. The minimum absolute atomic E-state index is 0.0816. The molecule has 1 spiro atoms. The first kappa shape index (κ1) is 26.1. The Bertz CT molecular complexity index is 1320. The van der Waals surface area contributed by atoms with Crippen molar-refractivity contribution in [3.8, 4) is 11.5 Å². The molecule has 5 rings (SSSR count). The van der Waals surface area contributed by atoms with Crippen LogP contribution in [0, 0.1) is 0 Å². The number of aromatic amines is 1. The van der Waals surface area contributed by atoms with Gasteiger partial charge in [0.25, 0.3) is 0 Å². The minimum Gasteiger partial charge on any atom is -0.497 e. The number of hydrogen-bond acceptors (Lipinski definition) is 6. The van der Waals surface area contributed by atoms with Gasteiger partial charge in [0, 0.05) is 42.8 Å². The summed E-state index contributed by atoms with van der Waals surface area (Å²) in [6, 6.07) is 15.9. The topological polar surface area (TPSA) is 113 Å². The lowest BCUT2D eigenvalue weighted by molar-refractivity contribution is -0.140. The van der Waals surface area contributed by atoms with Crippen molar-refractivity contribution in [2.75, 3.05) is 46.4 Å². The summed E-state index contributed by atoms with van der Waals surface area (Å²) in [5.74, 6) is 1.21. The summed E-state index contributed by atoms with van der Waals surface area (Å²) < 4.78 is 11.4. The van der Waals surface area contributed by atoms with E-state index in [1.807, 2.05) is 47.4 Å². The highest BCUT2D eigenvalue weighted by Crippen LogP contribution is 2.45. The summed E-state index contributed by atoms with van der Waals surface area (Å²) in [4.78, 5) is 34.0. The van der Waals surface area contributed by atoms with Crippen molar-refractivity contribution in [2.45, 2.75) is 37.8 Å². The number of ether oxygens (including phenoxy) is 2. The Kier molecular flexibility index (Phi) is 7.07. The Balaban J connectivity index is 1.41. The van der Waals surface area contributed by atoms with E-state index in [2.05, 4.69) is 21.3 Å². The van der Waals surface area contributed by atoms with Gasteiger partial charge >= 0.3 is 0 Å². The molecule has 1 fully saturated rings. The molecule has 9 heteroatoms. The van der Waals surface area contributed by atoms with E-state index in [4.69, 9.17) is 15.2 Å². The number of fused-ring (bicyclic) bond motifs is 4. The number of nitrogens with two attached hydrogens (primary N) is 1. The Morgan fingerprint density at radius 2 is 1.92 bits per heavy atom. The number of nitrogens with zero attached hydrogens (tertiary/aromatic N) is 2. The monoisotopic (exact) mass is 519 g/mol. The normalized spacial score (nSPS) is 19.5. The van der Waals surface area contributed by atoms with E-state index >= 15 is 0 Å². The zero-order valence-electron chi connectivity index (χ0n) is 22.4. The molecule has 2 aliphatic heterocycles. The first-order chi connectivity index (χ1) is 18.2. The van der Waals surface area contributed by atoms with Crippen LogP contribution in [-0.2, 0) is 21.5 Å². The molecule has 4 N–H and O–H groups in total. The van der Waals surface area contributed by atoms with Crippen molar-refractivity contribution < 1.29 is 19.1 Å². The van der Waals surface area contributed by atoms with Crippen LogP contribution in [0.2, 0.25) is 0 Å². The maximum Gasteiger partial charge on any atom is 0.242 e. The fraction of sp³-hybridized carbons (Fsp3) is 0.448. The van der Waals surface area contributed by atoms with Crippen LogP contribution < -0.4 is 20.5 Å². The predicted octanol–water partition coefficient (Wildman–Crippen LogP) is 2.39. The minimum atomic E-state index is -1.05. The molecule has 38 heavy (non-hydrogen) atoms. The summed E-state index contributed by atoms with van der Waals surface area (Å²) in [6.45, 7) is 6.59. The molecule has 9 nitrogen and oxygen atoms in total. The number of amides is 2. The SMILES string of the molecule is COc1ccc2[nH]c3c(c2c1)CCN(C(=O)CNC(=O)C(C)(C)N)C31CCN(CCOc2ccccc2)C1. The van der Waals surface area contributed by atoms with Gasteiger partial charge in [-0.05, 0) is 62.6 Å². The van der Waals surface area contributed by atoms with Crippen LogP contribution in [0.5, 0.6) is 11.5 Å². The first-order valence-electron chi connectivity index (χ1n) is 13.2. The second-order valence-corrected chi connectivity index (χ2v) is 10.8. The van der Waals surface area contributed by atoms with Crippen LogP contribution in [0.3, 0.4) is 0 Å². The van der Waals surface area contributed by atoms with Crippen molar-refractivity contribution in [3.05, 3.63) is 59.8 Å². The smallest absolute Gasteiger partial charge is 0.242 e. The quantitative estimate of drug-likeness (QED) is 0.421. The fourth-order valence-electron chi connectivity index (χ4n) is 5.72. The van der Waals surface area contributed by atoms with Crippen LogP contribution in [0.4, 0.5) is 0 Å². The molecular weight excluding hydrogens is 482 g/mol. The molecule has 1 aromatic heterocycles. The largest absolute Gasteiger partial charge is 0.497 e. The zero-order valence-corrected chi connectivity index (χ0v) is 22.4. The van der Waals surface area contributed by atoms with Gasteiger partial charge in [0.2, 0.25) is 11.8 Å². The Labute approximate surface area is 223 Å². The van der Waals surface area contributed by atoms with Crippen LogP contribution in [0.15, 0.2) is 48.5 Å². The summed E-state index contributed by atoms with van der Waals surface area (Å²) in [7, 11) is 1.67. The van der Waals surface area contributed by atoms with Gasteiger partial charge in [0.1, 0.15) is 18.1 Å². The third-order valence-corrected chi connectivity index (χ3v) is 7.71. The number of methoxy groups -OCH3 is 1.